The number of hydrogen-bond donors (Lipinski definition) is 0. The van der Waals surface area contributed by atoms with Crippen molar-refractivity contribution in [3.05, 3.63) is 0 Å². The molecule has 1 heterocycles. The van der Waals surface area contributed by atoms with Crippen molar-refractivity contribution in [2.45, 2.75) is 77.6 Å². The highest BCUT2D eigenvalue weighted by Crippen LogP contribution is 2.65. The quantitative estimate of drug-likeness (QED) is 0.538. The van der Waals surface area contributed by atoms with E-state index in [9.17, 15) is 19.2 Å². The molecule has 7 nitrogen and oxygen atoms in total. The van der Waals surface area contributed by atoms with Gasteiger partial charge in [-0.2, -0.15) is 0 Å². The third-order valence-corrected chi connectivity index (χ3v) is 8.26. The van der Waals surface area contributed by atoms with Crippen molar-refractivity contribution in [1.82, 2.24) is 0 Å². The second kappa shape index (κ2) is 6.29. The third kappa shape index (κ3) is 2.47. The molecule has 7 atom stereocenters. The summed E-state index contributed by atoms with van der Waals surface area (Å²) in [6.45, 7) is 5.67. The van der Waals surface area contributed by atoms with Crippen molar-refractivity contribution < 1.29 is 33.4 Å². The highest BCUT2D eigenvalue weighted by Gasteiger charge is 2.71. The lowest BCUT2D eigenvalue weighted by Gasteiger charge is -2.61. The van der Waals surface area contributed by atoms with Crippen LogP contribution in [-0.4, -0.2) is 36.1 Å². The van der Waals surface area contributed by atoms with Gasteiger partial charge in [0.05, 0.1) is 12.3 Å². The fourth-order valence-corrected chi connectivity index (χ4v) is 6.72. The molecular weight excluding hydrogens is 364 g/mol. The van der Waals surface area contributed by atoms with Gasteiger partial charge < -0.3 is 14.2 Å². The van der Waals surface area contributed by atoms with E-state index in [0.717, 1.165) is 12.8 Å². The fourth-order valence-electron chi connectivity index (χ4n) is 6.72. The van der Waals surface area contributed by atoms with Gasteiger partial charge in [-0.15, -0.1) is 0 Å². The summed E-state index contributed by atoms with van der Waals surface area (Å²) >= 11 is 0. The van der Waals surface area contributed by atoms with E-state index in [1.165, 1.54) is 6.92 Å². The Labute approximate surface area is 164 Å². The first-order chi connectivity index (χ1) is 13.2. The van der Waals surface area contributed by atoms with Crippen molar-refractivity contribution >= 4 is 24.2 Å². The Bertz CT molecular complexity index is 732. The number of rotatable bonds is 3. The van der Waals surface area contributed by atoms with Gasteiger partial charge in [0.15, 0.2) is 0 Å². The summed E-state index contributed by atoms with van der Waals surface area (Å²) < 4.78 is 16.7. The summed E-state index contributed by atoms with van der Waals surface area (Å²) in [7, 11) is 0. The van der Waals surface area contributed by atoms with Crippen LogP contribution in [0.2, 0.25) is 0 Å². The van der Waals surface area contributed by atoms with E-state index in [2.05, 4.69) is 0 Å². The Kier molecular flexibility index (Phi) is 4.36. The molecule has 0 aromatic rings. The van der Waals surface area contributed by atoms with E-state index in [1.807, 2.05) is 13.8 Å². The van der Waals surface area contributed by atoms with Gasteiger partial charge in [0.25, 0.3) is 12.3 Å². The Morgan fingerprint density at radius 2 is 1.89 bits per heavy atom. The van der Waals surface area contributed by atoms with Crippen LogP contribution in [-0.2, 0) is 33.4 Å². The van der Waals surface area contributed by atoms with Gasteiger partial charge in [-0.3, -0.25) is 19.2 Å². The zero-order chi connectivity index (χ0) is 20.3. The molecule has 3 saturated carbocycles. The Morgan fingerprint density at radius 3 is 2.57 bits per heavy atom. The van der Waals surface area contributed by atoms with E-state index in [1.54, 1.807) is 0 Å². The molecule has 7 heteroatoms. The predicted octanol–water partition coefficient (Wildman–Crippen LogP) is 2.55. The van der Waals surface area contributed by atoms with Gasteiger partial charge in [0.2, 0.25) is 0 Å². The normalized spacial score (nSPS) is 47.2. The molecule has 4 rings (SSSR count). The molecule has 0 spiro atoms. The molecule has 0 aromatic carbocycles. The number of carbonyl (C=O) groups is 4. The van der Waals surface area contributed by atoms with Crippen LogP contribution in [0.4, 0.5) is 0 Å². The standard InChI is InChI=1S/C21H28O7/c1-12(23)27-13-6-9-20(3)15-7-8-19(2)14(4-5-16(19)24)17(15)18(25)28-21(20,10-13)26-11-22/h11,13-15,17H,4-10H2,1-3H3. The molecule has 4 fully saturated rings. The average Bonchev–Trinajstić information content (AvgIpc) is 2.91. The topological polar surface area (TPSA) is 96.0 Å². The molecule has 28 heavy (non-hydrogen) atoms. The molecular formula is C21H28O7. The Balaban J connectivity index is 1.71. The molecule has 0 bridgehead atoms. The van der Waals surface area contributed by atoms with Gasteiger partial charge in [0.1, 0.15) is 11.9 Å². The van der Waals surface area contributed by atoms with E-state index in [-0.39, 0.29) is 30.0 Å². The lowest BCUT2D eigenvalue weighted by Crippen LogP contribution is -2.68. The maximum absolute atomic E-state index is 13.2. The molecule has 154 valence electrons. The molecule has 1 saturated heterocycles. The molecule has 0 aromatic heterocycles. The Hall–Kier alpha value is -1.92. The van der Waals surface area contributed by atoms with Gasteiger partial charge in [-0.25, -0.2) is 0 Å². The lowest BCUT2D eigenvalue weighted by molar-refractivity contribution is -0.329. The number of hydrogen-bond acceptors (Lipinski definition) is 7. The second-order valence-electron chi connectivity index (χ2n) is 9.44. The van der Waals surface area contributed by atoms with E-state index < -0.39 is 34.7 Å². The summed E-state index contributed by atoms with van der Waals surface area (Å²) in [6, 6.07) is 0. The highest BCUT2D eigenvalue weighted by molar-refractivity contribution is 5.89. The number of Topliss-reactive ketones (excluding diaryl/α,β-unsaturated/α-hetero) is 1. The first-order valence-corrected chi connectivity index (χ1v) is 10.2. The van der Waals surface area contributed by atoms with Crippen molar-refractivity contribution in [2.75, 3.05) is 0 Å². The second-order valence-corrected chi connectivity index (χ2v) is 9.44. The van der Waals surface area contributed by atoms with E-state index in [4.69, 9.17) is 14.2 Å². The number of fused-ring (bicyclic) bond motifs is 5. The van der Waals surface area contributed by atoms with E-state index >= 15 is 0 Å². The monoisotopic (exact) mass is 392 g/mol. The van der Waals surface area contributed by atoms with Crippen LogP contribution in [0.5, 0.6) is 0 Å². The molecule has 0 N–H and O–H groups in total. The van der Waals surface area contributed by atoms with Crippen LogP contribution in [0.3, 0.4) is 0 Å². The zero-order valence-corrected chi connectivity index (χ0v) is 16.7. The Morgan fingerprint density at radius 1 is 1.14 bits per heavy atom. The minimum Gasteiger partial charge on any atom is -0.462 e. The maximum atomic E-state index is 13.2. The van der Waals surface area contributed by atoms with Gasteiger partial charge >= 0.3 is 11.9 Å². The molecule has 3 aliphatic carbocycles. The van der Waals surface area contributed by atoms with Gasteiger partial charge in [-0.1, -0.05) is 13.8 Å². The zero-order valence-electron chi connectivity index (χ0n) is 16.7. The fraction of sp³-hybridized carbons (Fsp3) is 0.810. The summed E-state index contributed by atoms with van der Waals surface area (Å²) in [5.41, 5.74) is -1.03. The van der Waals surface area contributed by atoms with Crippen LogP contribution in [0.1, 0.15) is 65.7 Å². The summed E-state index contributed by atoms with van der Waals surface area (Å²) in [4.78, 5) is 48.5. The number of ether oxygens (including phenoxy) is 3. The van der Waals surface area contributed by atoms with Crippen LogP contribution in [0.15, 0.2) is 0 Å². The highest BCUT2D eigenvalue weighted by atomic mass is 16.7. The van der Waals surface area contributed by atoms with Gasteiger partial charge in [-0.05, 0) is 43.9 Å². The SMILES string of the molecule is CC(=O)OC1CCC2(C)C3CCC4(C)C(=O)CCC4C3C(=O)OC2(OC=O)C1. The van der Waals surface area contributed by atoms with Crippen LogP contribution >= 0.6 is 0 Å². The number of carbonyl (C=O) groups excluding carboxylic acids is 4. The summed E-state index contributed by atoms with van der Waals surface area (Å²) in [6.07, 6.45) is 3.61. The number of ketones is 1. The van der Waals surface area contributed by atoms with Crippen LogP contribution in [0.25, 0.3) is 0 Å². The molecule has 4 aliphatic rings. The molecule has 1 aliphatic heterocycles. The first-order valence-electron chi connectivity index (χ1n) is 10.2. The van der Waals surface area contributed by atoms with Crippen molar-refractivity contribution in [2.24, 2.45) is 28.6 Å². The maximum Gasteiger partial charge on any atom is 0.312 e. The summed E-state index contributed by atoms with van der Waals surface area (Å²) in [5, 5.41) is 0. The van der Waals surface area contributed by atoms with Crippen molar-refractivity contribution in [3.8, 4) is 0 Å². The largest absolute Gasteiger partial charge is 0.462 e. The molecule has 0 radical (unpaired) electrons. The predicted molar refractivity (Wildman–Crippen MR) is 95.5 cm³/mol. The molecule has 0 amide bonds. The lowest BCUT2D eigenvalue weighted by atomic mass is 9.49. The average molecular weight is 392 g/mol. The smallest absolute Gasteiger partial charge is 0.312 e. The number of esters is 2. The van der Waals surface area contributed by atoms with Crippen molar-refractivity contribution in [1.29, 1.82) is 0 Å². The van der Waals surface area contributed by atoms with Crippen LogP contribution < -0.4 is 0 Å². The third-order valence-electron chi connectivity index (χ3n) is 8.26. The van der Waals surface area contributed by atoms with Crippen LogP contribution in [0, 0.1) is 28.6 Å². The molecule has 7 unspecified atom stereocenters. The van der Waals surface area contributed by atoms with Gasteiger partial charge in [0, 0.05) is 24.2 Å². The minimum absolute atomic E-state index is 0.0245. The summed E-state index contributed by atoms with van der Waals surface area (Å²) in [5.74, 6) is -2.40. The van der Waals surface area contributed by atoms with Crippen molar-refractivity contribution in [3.63, 3.8) is 0 Å². The first kappa shape index (κ1) is 19.4. The minimum atomic E-state index is -1.43. The van der Waals surface area contributed by atoms with E-state index in [0.29, 0.717) is 32.2 Å².